The van der Waals surface area contributed by atoms with E-state index in [1.54, 1.807) is 0 Å². The molecule has 5 nitrogen and oxygen atoms in total. The minimum Gasteiger partial charge on any atom is -0.388 e. The summed E-state index contributed by atoms with van der Waals surface area (Å²) in [6.45, 7) is 3.94. The van der Waals surface area contributed by atoms with Crippen molar-refractivity contribution in [1.82, 2.24) is 19.8 Å². The van der Waals surface area contributed by atoms with Gasteiger partial charge in [0.25, 0.3) is 0 Å². The minimum atomic E-state index is -0.0572. The number of benzene rings is 3. The number of aliphatic hydroxyl groups is 1. The van der Waals surface area contributed by atoms with Crippen LogP contribution in [0.4, 0.5) is 0 Å². The Morgan fingerprint density at radius 3 is 2.09 bits per heavy atom. The van der Waals surface area contributed by atoms with Crippen LogP contribution in [0, 0.1) is 0 Å². The zero-order valence-corrected chi connectivity index (χ0v) is 18.5. The van der Waals surface area contributed by atoms with Crippen molar-refractivity contribution in [2.24, 2.45) is 7.05 Å². The summed E-state index contributed by atoms with van der Waals surface area (Å²) in [6, 6.07) is 28.5. The van der Waals surface area contributed by atoms with Crippen LogP contribution in [0.25, 0.3) is 11.0 Å². The standard InChI is InChI=1S/C27H30N4O/c1-30-24-13-12-22(18-23(24)29-25(30)19-32)27(31-16-14-28-15-17-31)26(20-8-4-2-5-9-20)21-10-6-3-7-11-21/h2-13,18,26-28,32H,14-17,19H2,1H3. The van der Waals surface area contributed by atoms with Gasteiger partial charge in [0.2, 0.25) is 0 Å². The third kappa shape index (κ3) is 3.95. The van der Waals surface area contributed by atoms with Crippen molar-refractivity contribution in [1.29, 1.82) is 0 Å². The molecule has 5 heteroatoms. The fourth-order valence-electron chi connectivity index (χ4n) is 5.04. The lowest BCUT2D eigenvalue weighted by Crippen LogP contribution is -2.46. The molecular weight excluding hydrogens is 396 g/mol. The Morgan fingerprint density at radius 2 is 1.50 bits per heavy atom. The molecule has 3 aromatic carbocycles. The molecule has 1 atom stereocenters. The van der Waals surface area contributed by atoms with Crippen molar-refractivity contribution >= 4 is 11.0 Å². The van der Waals surface area contributed by atoms with Crippen molar-refractivity contribution in [3.05, 3.63) is 101 Å². The summed E-state index contributed by atoms with van der Waals surface area (Å²) in [5, 5.41) is 13.2. The lowest BCUT2D eigenvalue weighted by atomic mass is 9.80. The van der Waals surface area contributed by atoms with Gasteiger partial charge in [0.1, 0.15) is 12.4 Å². The molecule has 0 radical (unpaired) electrons. The third-order valence-corrected chi connectivity index (χ3v) is 6.66. The van der Waals surface area contributed by atoms with Crippen LogP contribution in [-0.2, 0) is 13.7 Å². The van der Waals surface area contributed by atoms with Crippen LogP contribution in [-0.4, -0.2) is 45.7 Å². The second kappa shape index (κ2) is 9.25. The first-order chi connectivity index (χ1) is 15.8. The highest BCUT2D eigenvalue weighted by molar-refractivity contribution is 5.77. The number of hydrogen-bond donors (Lipinski definition) is 2. The number of aromatic nitrogens is 2. The van der Waals surface area contributed by atoms with Gasteiger partial charge in [-0.2, -0.15) is 0 Å². The van der Waals surface area contributed by atoms with Gasteiger partial charge in [-0.05, 0) is 28.8 Å². The molecule has 1 saturated heterocycles. The SMILES string of the molecule is Cn1c(CO)nc2cc(C(C(c3ccccc3)c3ccccc3)N3CCNCC3)ccc21. The number of nitrogens with one attached hydrogen (secondary N) is 1. The van der Waals surface area contributed by atoms with E-state index in [0.29, 0.717) is 5.82 Å². The molecule has 1 fully saturated rings. The van der Waals surface area contributed by atoms with Crippen LogP contribution < -0.4 is 5.32 Å². The van der Waals surface area contributed by atoms with Crippen LogP contribution in [0.1, 0.15) is 34.5 Å². The van der Waals surface area contributed by atoms with E-state index in [4.69, 9.17) is 4.98 Å². The Kier molecular flexibility index (Phi) is 6.04. The molecule has 2 N–H and O–H groups in total. The maximum absolute atomic E-state index is 9.69. The highest BCUT2D eigenvalue weighted by Gasteiger charge is 2.32. The number of fused-ring (bicyclic) bond motifs is 1. The summed E-state index contributed by atoms with van der Waals surface area (Å²) >= 11 is 0. The topological polar surface area (TPSA) is 53.3 Å². The van der Waals surface area contributed by atoms with E-state index < -0.39 is 0 Å². The molecule has 0 aliphatic carbocycles. The number of aryl methyl sites for hydroxylation is 1. The number of hydrogen-bond acceptors (Lipinski definition) is 4. The van der Waals surface area contributed by atoms with E-state index in [1.807, 2.05) is 11.6 Å². The van der Waals surface area contributed by atoms with Crippen molar-refractivity contribution in [3.63, 3.8) is 0 Å². The van der Waals surface area contributed by atoms with Gasteiger partial charge in [-0.1, -0.05) is 66.7 Å². The van der Waals surface area contributed by atoms with Crippen LogP contribution in [0.15, 0.2) is 78.9 Å². The Labute approximate surface area is 189 Å². The largest absolute Gasteiger partial charge is 0.388 e. The Morgan fingerprint density at radius 1 is 0.875 bits per heavy atom. The van der Waals surface area contributed by atoms with Crippen LogP contribution >= 0.6 is 0 Å². The highest BCUT2D eigenvalue weighted by atomic mass is 16.3. The average Bonchev–Trinajstić information content (AvgIpc) is 3.19. The molecule has 32 heavy (non-hydrogen) atoms. The van der Waals surface area contributed by atoms with Gasteiger partial charge in [-0.25, -0.2) is 4.98 Å². The normalized spacial score (nSPS) is 16.0. The molecule has 0 spiro atoms. The summed E-state index contributed by atoms with van der Waals surface area (Å²) in [4.78, 5) is 7.32. The number of nitrogens with zero attached hydrogens (tertiary/aromatic N) is 3. The van der Waals surface area contributed by atoms with Crippen molar-refractivity contribution in [2.75, 3.05) is 26.2 Å². The monoisotopic (exact) mass is 426 g/mol. The van der Waals surface area contributed by atoms with Crippen LogP contribution in [0.2, 0.25) is 0 Å². The van der Waals surface area contributed by atoms with Crippen molar-refractivity contribution in [2.45, 2.75) is 18.6 Å². The maximum atomic E-state index is 9.69. The van der Waals surface area contributed by atoms with E-state index in [0.717, 1.165) is 37.2 Å². The Bertz CT molecular complexity index is 1130. The number of aliphatic hydroxyl groups excluding tert-OH is 1. The van der Waals surface area contributed by atoms with E-state index in [1.165, 1.54) is 16.7 Å². The van der Waals surface area contributed by atoms with Gasteiger partial charge >= 0.3 is 0 Å². The molecule has 1 aliphatic heterocycles. The first-order valence-electron chi connectivity index (χ1n) is 11.4. The van der Waals surface area contributed by atoms with E-state index in [9.17, 15) is 5.11 Å². The molecule has 1 aliphatic rings. The van der Waals surface area contributed by atoms with Gasteiger partial charge < -0.3 is 15.0 Å². The van der Waals surface area contributed by atoms with Crippen LogP contribution in [0.3, 0.4) is 0 Å². The second-order valence-corrected chi connectivity index (χ2v) is 8.52. The van der Waals surface area contributed by atoms with Gasteiger partial charge in [0, 0.05) is 45.2 Å². The van der Waals surface area contributed by atoms with Crippen LogP contribution in [0.5, 0.6) is 0 Å². The van der Waals surface area contributed by atoms with E-state index in [2.05, 4.69) is 89.1 Å². The summed E-state index contributed by atoms with van der Waals surface area (Å²) in [6.07, 6.45) is 0. The fourth-order valence-corrected chi connectivity index (χ4v) is 5.04. The summed E-state index contributed by atoms with van der Waals surface area (Å²) in [5.74, 6) is 0.896. The number of piperazine rings is 1. The van der Waals surface area contributed by atoms with Gasteiger partial charge in [0.05, 0.1) is 11.0 Å². The number of rotatable bonds is 6. The van der Waals surface area contributed by atoms with Crippen molar-refractivity contribution in [3.8, 4) is 0 Å². The first-order valence-corrected chi connectivity index (χ1v) is 11.4. The smallest absolute Gasteiger partial charge is 0.135 e. The first kappa shape index (κ1) is 20.9. The summed E-state index contributed by atoms with van der Waals surface area (Å²) in [5.41, 5.74) is 5.89. The summed E-state index contributed by atoms with van der Waals surface area (Å²) < 4.78 is 1.98. The maximum Gasteiger partial charge on any atom is 0.135 e. The van der Waals surface area contributed by atoms with E-state index in [-0.39, 0.29) is 18.6 Å². The minimum absolute atomic E-state index is 0.0572. The van der Waals surface area contributed by atoms with Gasteiger partial charge in [0.15, 0.2) is 0 Å². The molecule has 1 aromatic heterocycles. The van der Waals surface area contributed by atoms with Crippen molar-refractivity contribution < 1.29 is 5.11 Å². The molecule has 5 rings (SSSR count). The summed E-state index contributed by atoms with van der Waals surface area (Å²) in [7, 11) is 1.96. The Hall–Kier alpha value is -2.99. The number of imidazole rings is 1. The Balaban J connectivity index is 1.68. The molecule has 0 saturated carbocycles. The second-order valence-electron chi connectivity index (χ2n) is 8.52. The van der Waals surface area contributed by atoms with Gasteiger partial charge in [-0.3, -0.25) is 4.90 Å². The highest BCUT2D eigenvalue weighted by Crippen LogP contribution is 2.41. The predicted octanol–water partition coefficient (Wildman–Crippen LogP) is 3.84. The molecule has 0 bridgehead atoms. The molecule has 164 valence electrons. The third-order valence-electron chi connectivity index (χ3n) is 6.66. The van der Waals surface area contributed by atoms with Gasteiger partial charge in [-0.15, -0.1) is 0 Å². The molecular formula is C27H30N4O. The quantitative estimate of drug-likeness (QED) is 0.492. The molecule has 2 heterocycles. The lowest BCUT2D eigenvalue weighted by Gasteiger charge is -2.40. The average molecular weight is 427 g/mol. The zero-order valence-electron chi connectivity index (χ0n) is 18.5. The molecule has 1 unspecified atom stereocenters. The lowest BCUT2D eigenvalue weighted by molar-refractivity contribution is 0.160. The predicted molar refractivity (Wildman–Crippen MR) is 129 cm³/mol. The van der Waals surface area contributed by atoms with E-state index >= 15 is 0 Å². The molecule has 4 aromatic rings. The molecule has 0 amide bonds. The zero-order chi connectivity index (χ0) is 21.9. The fraction of sp³-hybridized carbons (Fsp3) is 0.296.